The quantitative estimate of drug-likeness (QED) is 0.827. The molecular formula is C19H22ClN. The first-order valence-electron chi connectivity index (χ1n) is 7.78. The van der Waals surface area contributed by atoms with Crippen LogP contribution in [-0.4, -0.2) is 7.05 Å². The lowest BCUT2D eigenvalue weighted by atomic mass is 9.79. The molecule has 110 valence electrons. The molecule has 0 radical (unpaired) electrons. The van der Waals surface area contributed by atoms with Crippen LogP contribution in [0.1, 0.15) is 47.9 Å². The molecule has 1 N–H and O–H groups in total. The van der Waals surface area contributed by atoms with E-state index in [2.05, 4.69) is 41.7 Å². The van der Waals surface area contributed by atoms with Crippen molar-refractivity contribution >= 4 is 11.6 Å². The van der Waals surface area contributed by atoms with Crippen molar-refractivity contribution in [3.8, 4) is 0 Å². The van der Waals surface area contributed by atoms with Crippen molar-refractivity contribution in [3.63, 3.8) is 0 Å². The Hall–Kier alpha value is -1.31. The third kappa shape index (κ3) is 3.30. The van der Waals surface area contributed by atoms with Gasteiger partial charge >= 0.3 is 0 Å². The molecule has 2 unspecified atom stereocenters. The number of hydrogen-bond acceptors (Lipinski definition) is 1. The van der Waals surface area contributed by atoms with Crippen molar-refractivity contribution in [1.29, 1.82) is 0 Å². The summed E-state index contributed by atoms with van der Waals surface area (Å²) < 4.78 is 0. The number of hydrogen-bond donors (Lipinski definition) is 1. The molecule has 0 heterocycles. The molecule has 3 rings (SSSR count). The molecule has 2 heteroatoms. The fraction of sp³-hybridized carbons (Fsp3) is 0.368. The first-order chi connectivity index (χ1) is 10.3. The molecule has 1 aliphatic rings. The molecule has 0 amide bonds. The average Bonchev–Trinajstić information content (AvgIpc) is 2.54. The molecule has 0 aliphatic heterocycles. The van der Waals surface area contributed by atoms with Gasteiger partial charge in [0.25, 0.3) is 0 Å². The van der Waals surface area contributed by atoms with E-state index in [1.165, 1.54) is 24.8 Å². The fourth-order valence-corrected chi connectivity index (χ4v) is 3.63. The molecule has 0 saturated carbocycles. The normalized spacial score (nSPS) is 19.0. The first kappa shape index (κ1) is 14.6. The number of nitrogens with one attached hydrogen (secondary N) is 1. The number of benzene rings is 2. The predicted molar refractivity (Wildman–Crippen MR) is 90.0 cm³/mol. The summed E-state index contributed by atoms with van der Waals surface area (Å²) in [7, 11) is 2.05. The second-order valence-electron chi connectivity index (χ2n) is 5.92. The Labute approximate surface area is 132 Å². The minimum Gasteiger partial charge on any atom is -0.313 e. The van der Waals surface area contributed by atoms with Gasteiger partial charge in [0, 0.05) is 11.1 Å². The van der Waals surface area contributed by atoms with E-state index < -0.39 is 0 Å². The van der Waals surface area contributed by atoms with Gasteiger partial charge in [0.2, 0.25) is 0 Å². The monoisotopic (exact) mass is 299 g/mol. The summed E-state index contributed by atoms with van der Waals surface area (Å²) in [4.78, 5) is 0. The molecular weight excluding hydrogens is 278 g/mol. The smallest absolute Gasteiger partial charge is 0.0406 e. The van der Waals surface area contributed by atoms with E-state index in [1.54, 1.807) is 11.1 Å². The van der Waals surface area contributed by atoms with E-state index in [-0.39, 0.29) is 0 Å². The van der Waals surface area contributed by atoms with Gasteiger partial charge in [-0.15, -0.1) is 0 Å². The van der Waals surface area contributed by atoms with Crippen LogP contribution in [0.25, 0.3) is 0 Å². The van der Waals surface area contributed by atoms with E-state index in [9.17, 15) is 0 Å². The van der Waals surface area contributed by atoms with Crippen LogP contribution in [-0.2, 0) is 6.42 Å². The van der Waals surface area contributed by atoms with Gasteiger partial charge in [0.05, 0.1) is 0 Å². The molecule has 0 fully saturated rings. The highest BCUT2D eigenvalue weighted by Crippen LogP contribution is 2.37. The largest absolute Gasteiger partial charge is 0.313 e. The zero-order valence-corrected chi connectivity index (χ0v) is 13.2. The molecule has 1 aliphatic carbocycles. The molecule has 21 heavy (non-hydrogen) atoms. The Kier molecular flexibility index (Phi) is 4.62. The Bertz CT molecular complexity index is 591. The van der Waals surface area contributed by atoms with Gasteiger partial charge in [-0.2, -0.15) is 0 Å². The molecule has 0 aromatic heterocycles. The fourth-order valence-electron chi connectivity index (χ4n) is 3.50. The van der Waals surface area contributed by atoms with E-state index in [4.69, 9.17) is 11.6 Å². The number of aryl methyl sites for hydroxylation is 1. The van der Waals surface area contributed by atoms with Crippen LogP contribution in [0.4, 0.5) is 0 Å². The van der Waals surface area contributed by atoms with Gasteiger partial charge in [0.15, 0.2) is 0 Å². The van der Waals surface area contributed by atoms with Crippen LogP contribution in [0, 0.1) is 0 Å². The predicted octanol–water partition coefficient (Wildman–Crippen LogP) is 5.11. The Balaban J connectivity index is 1.80. The minimum absolute atomic E-state index is 0.387. The second kappa shape index (κ2) is 6.64. The van der Waals surface area contributed by atoms with Gasteiger partial charge in [0.1, 0.15) is 0 Å². The molecule has 1 nitrogen and oxygen atoms in total. The summed E-state index contributed by atoms with van der Waals surface area (Å²) in [6, 6.07) is 17.6. The zero-order chi connectivity index (χ0) is 14.7. The Morgan fingerprint density at radius 3 is 2.67 bits per heavy atom. The maximum Gasteiger partial charge on any atom is 0.0406 e. The standard InChI is InChI=1S/C19H22ClN/c1-21-19(15-9-11-17(20)12-10-15)13-16-7-4-6-14-5-2-3-8-18(14)16/h2-3,5,8-12,16,19,21H,4,6-7,13H2,1H3. The SMILES string of the molecule is CNC(CC1CCCc2ccccc21)c1ccc(Cl)cc1. The van der Waals surface area contributed by atoms with Gasteiger partial charge < -0.3 is 5.32 Å². The van der Waals surface area contributed by atoms with Gasteiger partial charge in [-0.05, 0) is 67.5 Å². The maximum atomic E-state index is 6.00. The highest BCUT2D eigenvalue weighted by molar-refractivity contribution is 6.30. The van der Waals surface area contributed by atoms with Crippen molar-refractivity contribution in [3.05, 3.63) is 70.2 Å². The first-order valence-corrected chi connectivity index (χ1v) is 8.16. The highest BCUT2D eigenvalue weighted by atomic mass is 35.5. The Morgan fingerprint density at radius 1 is 1.14 bits per heavy atom. The lowest BCUT2D eigenvalue weighted by molar-refractivity contribution is 0.440. The Morgan fingerprint density at radius 2 is 1.90 bits per heavy atom. The van der Waals surface area contributed by atoms with Crippen LogP contribution in [0.5, 0.6) is 0 Å². The molecule has 0 saturated heterocycles. The summed E-state index contributed by atoms with van der Waals surface area (Å²) in [5.74, 6) is 0.656. The number of fused-ring (bicyclic) bond motifs is 1. The van der Waals surface area contributed by atoms with Crippen LogP contribution in [0.15, 0.2) is 48.5 Å². The average molecular weight is 300 g/mol. The van der Waals surface area contributed by atoms with Crippen molar-refractivity contribution in [2.24, 2.45) is 0 Å². The summed E-state index contributed by atoms with van der Waals surface area (Å²) in [5.41, 5.74) is 4.42. The molecule has 2 atom stereocenters. The molecule has 0 bridgehead atoms. The summed E-state index contributed by atoms with van der Waals surface area (Å²) in [6.07, 6.45) is 4.98. The molecule has 2 aromatic carbocycles. The number of rotatable bonds is 4. The van der Waals surface area contributed by atoms with Crippen molar-refractivity contribution in [1.82, 2.24) is 5.32 Å². The third-order valence-electron chi connectivity index (χ3n) is 4.63. The highest BCUT2D eigenvalue weighted by Gasteiger charge is 2.23. The lowest BCUT2D eigenvalue weighted by Crippen LogP contribution is -2.21. The van der Waals surface area contributed by atoms with E-state index in [1.807, 2.05) is 19.2 Å². The van der Waals surface area contributed by atoms with Gasteiger partial charge in [-0.1, -0.05) is 48.0 Å². The van der Waals surface area contributed by atoms with Crippen LogP contribution >= 0.6 is 11.6 Å². The molecule has 0 spiro atoms. The van der Waals surface area contributed by atoms with E-state index in [0.717, 1.165) is 11.4 Å². The van der Waals surface area contributed by atoms with Gasteiger partial charge in [-0.3, -0.25) is 0 Å². The van der Waals surface area contributed by atoms with E-state index in [0.29, 0.717) is 12.0 Å². The third-order valence-corrected chi connectivity index (χ3v) is 4.89. The van der Waals surface area contributed by atoms with Crippen LogP contribution in [0.3, 0.4) is 0 Å². The van der Waals surface area contributed by atoms with Crippen molar-refractivity contribution < 1.29 is 0 Å². The number of halogens is 1. The lowest BCUT2D eigenvalue weighted by Gasteiger charge is -2.29. The maximum absolute atomic E-state index is 6.00. The van der Waals surface area contributed by atoms with Crippen LogP contribution < -0.4 is 5.32 Å². The van der Waals surface area contributed by atoms with Crippen LogP contribution in [0.2, 0.25) is 5.02 Å². The van der Waals surface area contributed by atoms with Crippen molar-refractivity contribution in [2.45, 2.75) is 37.6 Å². The molecule has 2 aromatic rings. The minimum atomic E-state index is 0.387. The second-order valence-corrected chi connectivity index (χ2v) is 6.35. The summed E-state index contributed by atoms with van der Waals surface area (Å²) in [6.45, 7) is 0. The topological polar surface area (TPSA) is 12.0 Å². The van der Waals surface area contributed by atoms with Crippen molar-refractivity contribution in [2.75, 3.05) is 7.05 Å². The zero-order valence-electron chi connectivity index (χ0n) is 12.5. The van der Waals surface area contributed by atoms with Gasteiger partial charge in [-0.25, -0.2) is 0 Å². The summed E-state index contributed by atoms with van der Waals surface area (Å²) in [5, 5.41) is 4.28. The summed E-state index contributed by atoms with van der Waals surface area (Å²) >= 11 is 6.00. The van der Waals surface area contributed by atoms with E-state index >= 15 is 0 Å².